The third kappa shape index (κ3) is 3.37. The molecule has 0 unspecified atom stereocenters. The lowest BCUT2D eigenvalue weighted by Gasteiger charge is -2.34. The summed E-state index contributed by atoms with van der Waals surface area (Å²) < 4.78 is 5.45. The molecular weight excluding hydrogens is 262 g/mol. The average Bonchev–Trinajstić information content (AvgIpc) is 2.45. The Bertz CT molecular complexity index is 473. The summed E-state index contributed by atoms with van der Waals surface area (Å²) >= 11 is 0. The van der Waals surface area contributed by atoms with Crippen LogP contribution >= 0.6 is 0 Å². The van der Waals surface area contributed by atoms with Gasteiger partial charge in [-0.3, -0.25) is 10.1 Å². The van der Waals surface area contributed by atoms with E-state index in [-0.39, 0.29) is 18.9 Å². The Morgan fingerprint density at radius 1 is 1.35 bits per heavy atom. The first kappa shape index (κ1) is 14.5. The molecule has 7 heteroatoms. The second-order valence-electron chi connectivity index (χ2n) is 4.77. The van der Waals surface area contributed by atoms with Crippen LogP contribution in [0.4, 0.5) is 11.4 Å². The molecule has 0 radical (unpaired) electrons. The summed E-state index contributed by atoms with van der Waals surface area (Å²) in [5.74, 6) is 0.456. The fourth-order valence-corrected chi connectivity index (χ4v) is 2.20. The molecule has 0 bridgehead atoms. The molecule has 0 saturated carbocycles. The molecule has 1 aromatic carbocycles. The SMILES string of the molecule is CN1CCN(c2ccc([N+](=O)[O-])cc2OCCO)CC1. The number of aliphatic hydroxyl groups excluding tert-OH is 1. The quantitative estimate of drug-likeness (QED) is 0.633. The van der Waals surface area contributed by atoms with Crippen LogP contribution < -0.4 is 9.64 Å². The lowest BCUT2D eigenvalue weighted by Crippen LogP contribution is -2.44. The fraction of sp³-hybridized carbons (Fsp3) is 0.538. The molecule has 0 aromatic heterocycles. The summed E-state index contributed by atoms with van der Waals surface area (Å²) in [6, 6.07) is 4.62. The Balaban J connectivity index is 2.23. The zero-order chi connectivity index (χ0) is 14.5. The third-order valence-electron chi connectivity index (χ3n) is 3.35. The number of nitro benzene ring substituents is 1. The first-order valence-corrected chi connectivity index (χ1v) is 6.57. The van der Waals surface area contributed by atoms with Crippen molar-refractivity contribution in [2.45, 2.75) is 0 Å². The molecule has 1 heterocycles. The number of hydrogen-bond donors (Lipinski definition) is 1. The lowest BCUT2D eigenvalue weighted by molar-refractivity contribution is -0.384. The second-order valence-corrected chi connectivity index (χ2v) is 4.77. The molecular formula is C13H19N3O4. The molecule has 0 spiro atoms. The standard InChI is InChI=1S/C13H19N3O4/c1-14-4-6-15(7-5-14)12-3-2-11(16(18)19)10-13(12)20-9-8-17/h2-3,10,17H,4-9H2,1H3. The average molecular weight is 281 g/mol. The topological polar surface area (TPSA) is 79.1 Å². The maximum atomic E-state index is 10.8. The van der Waals surface area contributed by atoms with E-state index < -0.39 is 4.92 Å². The number of non-ortho nitro benzene ring substituents is 1. The van der Waals surface area contributed by atoms with E-state index in [1.165, 1.54) is 12.1 Å². The van der Waals surface area contributed by atoms with E-state index in [2.05, 4.69) is 16.8 Å². The number of hydrogen-bond acceptors (Lipinski definition) is 6. The van der Waals surface area contributed by atoms with Gasteiger partial charge in [0.1, 0.15) is 12.4 Å². The van der Waals surface area contributed by atoms with E-state index in [1.54, 1.807) is 6.07 Å². The molecule has 1 saturated heterocycles. The minimum Gasteiger partial charge on any atom is -0.489 e. The van der Waals surface area contributed by atoms with Gasteiger partial charge in [-0.1, -0.05) is 0 Å². The molecule has 1 N–H and O–H groups in total. The van der Waals surface area contributed by atoms with Gasteiger partial charge in [0.2, 0.25) is 0 Å². The Hall–Kier alpha value is -1.86. The van der Waals surface area contributed by atoms with Gasteiger partial charge in [0.15, 0.2) is 0 Å². The van der Waals surface area contributed by atoms with E-state index in [4.69, 9.17) is 9.84 Å². The largest absolute Gasteiger partial charge is 0.489 e. The van der Waals surface area contributed by atoms with Crippen molar-refractivity contribution in [2.24, 2.45) is 0 Å². The Morgan fingerprint density at radius 2 is 2.05 bits per heavy atom. The third-order valence-corrected chi connectivity index (χ3v) is 3.35. The van der Waals surface area contributed by atoms with Crippen molar-refractivity contribution in [2.75, 3.05) is 51.3 Å². The number of nitrogens with zero attached hydrogens (tertiary/aromatic N) is 3. The Labute approximate surface area is 117 Å². The van der Waals surface area contributed by atoms with Crippen LogP contribution in [0.5, 0.6) is 5.75 Å². The smallest absolute Gasteiger partial charge is 0.273 e. The summed E-state index contributed by atoms with van der Waals surface area (Å²) in [6.45, 7) is 3.59. The van der Waals surface area contributed by atoms with E-state index in [9.17, 15) is 10.1 Å². The molecule has 1 aliphatic heterocycles. The lowest BCUT2D eigenvalue weighted by atomic mass is 10.2. The monoisotopic (exact) mass is 281 g/mol. The van der Waals surface area contributed by atoms with Gasteiger partial charge in [-0.25, -0.2) is 0 Å². The Kier molecular flexibility index (Phi) is 4.75. The van der Waals surface area contributed by atoms with Crippen LogP contribution in [0.25, 0.3) is 0 Å². The predicted octanol–water partition coefficient (Wildman–Crippen LogP) is 0.718. The van der Waals surface area contributed by atoms with Crippen molar-refractivity contribution >= 4 is 11.4 Å². The first-order valence-electron chi connectivity index (χ1n) is 6.57. The van der Waals surface area contributed by atoms with Crippen molar-refractivity contribution < 1.29 is 14.8 Å². The van der Waals surface area contributed by atoms with Gasteiger partial charge >= 0.3 is 0 Å². The van der Waals surface area contributed by atoms with Gasteiger partial charge in [0.05, 0.1) is 23.3 Å². The number of ether oxygens (including phenoxy) is 1. The van der Waals surface area contributed by atoms with Gasteiger partial charge < -0.3 is 19.6 Å². The number of anilines is 1. The molecule has 1 aromatic rings. The van der Waals surface area contributed by atoms with Gasteiger partial charge in [-0.2, -0.15) is 0 Å². The highest BCUT2D eigenvalue weighted by Gasteiger charge is 2.20. The number of benzene rings is 1. The highest BCUT2D eigenvalue weighted by Crippen LogP contribution is 2.32. The van der Waals surface area contributed by atoms with Crippen LogP contribution in [-0.4, -0.2) is 61.4 Å². The van der Waals surface area contributed by atoms with Gasteiger partial charge in [-0.05, 0) is 13.1 Å². The molecule has 0 aliphatic carbocycles. The normalized spacial score (nSPS) is 16.2. The van der Waals surface area contributed by atoms with Crippen LogP contribution in [0.3, 0.4) is 0 Å². The summed E-state index contributed by atoms with van der Waals surface area (Å²) in [6.07, 6.45) is 0. The molecule has 2 rings (SSSR count). The van der Waals surface area contributed by atoms with E-state index >= 15 is 0 Å². The van der Waals surface area contributed by atoms with E-state index in [0.29, 0.717) is 5.75 Å². The van der Waals surface area contributed by atoms with Crippen LogP contribution in [0.1, 0.15) is 0 Å². The molecule has 20 heavy (non-hydrogen) atoms. The minimum atomic E-state index is -0.445. The van der Waals surface area contributed by atoms with Gasteiger partial charge in [0, 0.05) is 32.2 Å². The molecule has 110 valence electrons. The number of likely N-dealkylation sites (N-methyl/N-ethyl adjacent to an activating group) is 1. The summed E-state index contributed by atoms with van der Waals surface area (Å²) in [7, 11) is 2.07. The summed E-state index contributed by atoms with van der Waals surface area (Å²) in [4.78, 5) is 14.8. The van der Waals surface area contributed by atoms with Crippen molar-refractivity contribution in [3.63, 3.8) is 0 Å². The highest BCUT2D eigenvalue weighted by molar-refractivity contribution is 5.62. The van der Waals surface area contributed by atoms with Crippen LogP contribution in [0.15, 0.2) is 18.2 Å². The highest BCUT2D eigenvalue weighted by atomic mass is 16.6. The van der Waals surface area contributed by atoms with Gasteiger partial charge in [-0.15, -0.1) is 0 Å². The van der Waals surface area contributed by atoms with Crippen LogP contribution in [0.2, 0.25) is 0 Å². The second kappa shape index (κ2) is 6.53. The summed E-state index contributed by atoms with van der Waals surface area (Å²) in [5.41, 5.74) is 0.841. The molecule has 1 aliphatic rings. The Morgan fingerprint density at radius 3 is 2.65 bits per heavy atom. The maximum absolute atomic E-state index is 10.8. The van der Waals surface area contributed by atoms with Crippen molar-refractivity contribution in [3.05, 3.63) is 28.3 Å². The molecule has 0 amide bonds. The summed E-state index contributed by atoms with van der Waals surface area (Å²) in [5, 5.41) is 19.7. The predicted molar refractivity (Wildman–Crippen MR) is 75.4 cm³/mol. The van der Waals surface area contributed by atoms with E-state index in [1.807, 2.05) is 0 Å². The molecule has 7 nitrogen and oxygen atoms in total. The molecule has 0 atom stereocenters. The van der Waals surface area contributed by atoms with Crippen molar-refractivity contribution in [1.82, 2.24) is 4.90 Å². The fourth-order valence-electron chi connectivity index (χ4n) is 2.20. The van der Waals surface area contributed by atoms with E-state index in [0.717, 1.165) is 31.9 Å². The van der Waals surface area contributed by atoms with Crippen LogP contribution in [-0.2, 0) is 0 Å². The first-order chi connectivity index (χ1) is 9.61. The zero-order valence-electron chi connectivity index (χ0n) is 11.5. The number of piperazine rings is 1. The molecule has 1 fully saturated rings. The minimum absolute atomic E-state index is 0.00387. The van der Waals surface area contributed by atoms with Crippen molar-refractivity contribution in [1.29, 1.82) is 0 Å². The van der Waals surface area contributed by atoms with Crippen molar-refractivity contribution in [3.8, 4) is 5.75 Å². The zero-order valence-corrected chi connectivity index (χ0v) is 11.5. The number of aliphatic hydroxyl groups is 1. The van der Waals surface area contributed by atoms with Crippen LogP contribution in [0, 0.1) is 10.1 Å². The van der Waals surface area contributed by atoms with Gasteiger partial charge in [0.25, 0.3) is 5.69 Å². The maximum Gasteiger partial charge on any atom is 0.273 e. The number of nitro groups is 1. The number of rotatable bonds is 5.